The van der Waals surface area contributed by atoms with E-state index >= 15 is 0 Å². The lowest BCUT2D eigenvalue weighted by molar-refractivity contribution is 0.106. The van der Waals surface area contributed by atoms with Gasteiger partial charge in [-0.25, -0.2) is 4.98 Å². The van der Waals surface area contributed by atoms with E-state index in [2.05, 4.69) is 27.0 Å². The molecular weight excluding hydrogens is 242 g/mol. The molecule has 0 bridgehead atoms. The quantitative estimate of drug-likeness (QED) is 0.833. The van der Waals surface area contributed by atoms with E-state index in [1.165, 1.54) is 0 Å². The SMILES string of the molecule is COCC1(C)CCN(c2ccc3nc(C)nn3n2)C1. The Labute approximate surface area is 112 Å². The topological polar surface area (TPSA) is 55.5 Å². The van der Waals surface area contributed by atoms with Crippen LogP contribution in [-0.2, 0) is 4.74 Å². The third kappa shape index (κ3) is 2.28. The van der Waals surface area contributed by atoms with Crippen molar-refractivity contribution in [3.8, 4) is 0 Å². The lowest BCUT2D eigenvalue weighted by Gasteiger charge is -2.23. The van der Waals surface area contributed by atoms with E-state index in [1.807, 2.05) is 19.1 Å². The predicted octanol–water partition coefficient (Wildman–Crippen LogP) is 1.30. The first kappa shape index (κ1) is 12.3. The summed E-state index contributed by atoms with van der Waals surface area (Å²) in [6, 6.07) is 3.98. The lowest BCUT2D eigenvalue weighted by atomic mass is 9.91. The molecule has 0 N–H and O–H groups in total. The van der Waals surface area contributed by atoms with Crippen molar-refractivity contribution >= 4 is 11.5 Å². The number of hydrogen-bond donors (Lipinski definition) is 0. The van der Waals surface area contributed by atoms with Crippen LogP contribution in [0.1, 0.15) is 19.2 Å². The van der Waals surface area contributed by atoms with Crippen LogP contribution in [0.15, 0.2) is 12.1 Å². The van der Waals surface area contributed by atoms with Crippen LogP contribution in [0.25, 0.3) is 5.65 Å². The molecule has 1 fully saturated rings. The Balaban J connectivity index is 1.85. The Morgan fingerprint density at radius 2 is 2.21 bits per heavy atom. The van der Waals surface area contributed by atoms with E-state index in [1.54, 1.807) is 11.7 Å². The highest BCUT2D eigenvalue weighted by atomic mass is 16.5. The second-order valence-electron chi connectivity index (χ2n) is 5.61. The van der Waals surface area contributed by atoms with E-state index in [4.69, 9.17) is 4.74 Å². The molecule has 2 aromatic heterocycles. The molecule has 1 saturated heterocycles. The molecule has 3 rings (SSSR count). The highest BCUT2D eigenvalue weighted by molar-refractivity contribution is 5.46. The number of hydrogen-bond acceptors (Lipinski definition) is 5. The Hall–Kier alpha value is -1.69. The number of fused-ring (bicyclic) bond motifs is 1. The largest absolute Gasteiger partial charge is 0.384 e. The molecule has 0 aliphatic carbocycles. The van der Waals surface area contributed by atoms with Gasteiger partial charge in [0.2, 0.25) is 0 Å². The third-order valence-electron chi connectivity index (χ3n) is 3.67. The fourth-order valence-electron chi connectivity index (χ4n) is 2.73. The van der Waals surface area contributed by atoms with Crippen LogP contribution in [0.5, 0.6) is 0 Å². The third-order valence-corrected chi connectivity index (χ3v) is 3.67. The molecule has 0 saturated carbocycles. The maximum absolute atomic E-state index is 5.31. The van der Waals surface area contributed by atoms with Crippen molar-refractivity contribution in [3.05, 3.63) is 18.0 Å². The average molecular weight is 261 g/mol. The summed E-state index contributed by atoms with van der Waals surface area (Å²) >= 11 is 0. The van der Waals surface area contributed by atoms with E-state index in [9.17, 15) is 0 Å². The first-order valence-electron chi connectivity index (χ1n) is 6.54. The minimum Gasteiger partial charge on any atom is -0.384 e. The van der Waals surface area contributed by atoms with Gasteiger partial charge < -0.3 is 9.64 Å². The van der Waals surface area contributed by atoms with Gasteiger partial charge in [-0.15, -0.1) is 14.8 Å². The molecule has 3 heterocycles. The van der Waals surface area contributed by atoms with Crippen molar-refractivity contribution in [2.24, 2.45) is 5.41 Å². The standard InChI is InChI=1S/C13H19N5O/c1-10-14-11-4-5-12(16-18(11)15-10)17-7-6-13(2,8-17)9-19-3/h4-5H,6-9H2,1-3H3. The molecule has 6 heteroatoms. The van der Waals surface area contributed by atoms with Crippen molar-refractivity contribution in [1.29, 1.82) is 0 Å². The van der Waals surface area contributed by atoms with E-state index in [0.29, 0.717) is 0 Å². The summed E-state index contributed by atoms with van der Waals surface area (Å²) in [5, 5.41) is 8.79. The molecule has 1 aliphatic heterocycles. The van der Waals surface area contributed by atoms with Crippen LogP contribution in [0.2, 0.25) is 0 Å². The number of nitrogens with zero attached hydrogens (tertiary/aromatic N) is 5. The van der Waals surface area contributed by atoms with Crippen molar-refractivity contribution in [2.45, 2.75) is 20.3 Å². The van der Waals surface area contributed by atoms with Gasteiger partial charge in [0.25, 0.3) is 0 Å². The smallest absolute Gasteiger partial charge is 0.176 e. The van der Waals surface area contributed by atoms with Crippen molar-refractivity contribution in [2.75, 3.05) is 31.7 Å². The Bertz CT molecular complexity index is 596. The Kier molecular flexibility index (Phi) is 2.89. The average Bonchev–Trinajstić information content (AvgIpc) is 2.91. The van der Waals surface area contributed by atoms with Crippen molar-refractivity contribution in [1.82, 2.24) is 19.8 Å². The monoisotopic (exact) mass is 261 g/mol. The van der Waals surface area contributed by atoms with Crippen LogP contribution in [0.4, 0.5) is 5.82 Å². The summed E-state index contributed by atoms with van der Waals surface area (Å²) in [4.78, 5) is 6.58. The minimum absolute atomic E-state index is 0.212. The first-order valence-corrected chi connectivity index (χ1v) is 6.54. The van der Waals surface area contributed by atoms with Gasteiger partial charge in [-0.05, 0) is 25.5 Å². The molecular formula is C13H19N5O. The molecule has 0 spiro atoms. The molecule has 0 amide bonds. The number of aryl methyl sites for hydroxylation is 1. The van der Waals surface area contributed by atoms with Gasteiger partial charge in [0, 0.05) is 25.6 Å². The summed E-state index contributed by atoms with van der Waals surface area (Å²) in [7, 11) is 1.76. The molecule has 1 aliphatic rings. The summed E-state index contributed by atoms with van der Waals surface area (Å²) in [6.45, 7) is 6.89. The summed E-state index contributed by atoms with van der Waals surface area (Å²) in [6.07, 6.45) is 1.12. The van der Waals surface area contributed by atoms with Gasteiger partial charge in [-0.1, -0.05) is 6.92 Å². The van der Waals surface area contributed by atoms with Gasteiger partial charge >= 0.3 is 0 Å². The number of ether oxygens (including phenoxy) is 1. The molecule has 19 heavy (non-hydrogen) atoms. The van der Waals surface area contributed by atoms with Crippen molar-refractivity contribution in [3.63, 3.8) is 0 Å². The number of anilines is 1. The summed E-state index contributed by atoms with van der Waals surface area (Å²) in [5.41, 5.74) is 1.00. The molecule has 2 aromatic rings. The van der Waals surface area contributed by atoms with Gasteiger partial charge in [0.15, 0.2) is 11.5 Å². The zero-order valence-corrected chi connectivity index (χ0v) is 11.6. The summed E-state index contributed by atoms with van der Waals surface area (Å²) in [5.74, 6) is 1.70. The van der Waals surface area contributed by atoms with Crippen LogP contribution >= 0.6 is 0 Å². The fraction of sp³-hybridized carbons (Fsp3) is 0.615. The molecule has 0 aromatic carbocycles. The number of methoxy groups -OCH3 is 1. The summed E-state index contributed by atoms with van der Waals surface area (Å²) < 4.78 is 6.92. The zero-order valence-electron chi connectivity index (χ0n) is 11.6. The second-order valence-corrected chi connectivity index (χ2v) is 5.61. The Morgan fingerprint density at radius 1 is 1.37 bits per heavy atom. The molecule has 0 radical (unpaired) electrons. The van der Waals surface area contributed by atoms with Crippen LogP contribution in [-0.4, -0.2) is 46.6 Å². The predicted molar refractivity (Wildman–Crippen MR) is 72.3 cm³/mol. The molecule has 1 atom stereocenters. The Morgan fingerprint density at radius 3 is 3.00 bits per heavy atom. The number of aromatic nitrogens is 4. The van der Waals surface area contributed by atoms with Crippen LogP contribution < -0.4 is 4.90 Å². The van der Waals surface area contributed by atoms with Gasteiger partial charge in [-0.2, -0.15) is 0 Å². The lowest BCUT2D eigenvalue weighted by Crippen LogP contribution is -2.29. The maximum atomic E-state index is 5.31. The molecule has 6 nitrogen and oxygen atoms in total. The minimum atomic E-state index is 0.212. The highest BCUT2D eigenvalue weighted by Crippen LogP contribution is 2.32. The molecule has 1 unspecified atom stereocenters. The van der Waals surface area contributed by atoms with Gasteiger partial charge in [0.05, 0.1) is 6.61 Å². The van der Waals surface area contributed by atoms with E-state index in [-0.39, 0.29) is 5.41 Å². The van der Waals surface area contributed by atoms with Crippen LogP contribution in [0.3, 0.4) is 0 Å². The number of rotatable bonds is 3. The van der Waals surface area contributed by atoms with Crippen LogP contribution in [0, 0.1) is 12.3 Å². The first-order chi connectivity index (χ1) is 9.09. The maximum Gasteiger partial charge on any atom is 0.176 e. The fourth-order valence-corrected chi connectivity index (χ4v) is 2.73. The van der Waals surface area contributed by atoms with Crippen molar-refractivity contribution < 1.29 is 4.74 Å². The second kappa shape index (κ2) is 4.45. The van der Waals surface area contributed by atoms with Gasteiger partial charge in [-0.3, -0.25) is 0 Å². The van der Waals surface area contributed by atoms with Gasteiger partial charge in [0.1, 0.15) is 5.82 Å². The highest BCUT2D eigenvalue weighted by Gasteiger charge is 2.34. The normalized spacial score (nSPS) is 23.4. The van der Waals surface area contributed by atoms with E-state index < -0.39 is 0 Å². The zero-order chi connectivity index (χ0) is 13.5. The van der Waals surface area contributed by atoms with E-state index in [0.717, 1.165) is 43.4 Å². The molecule has 102 valence electrons.